The van der Waals surface area contributed by atoms with Crippen molar-refractivity contribution in [2.45, 2.75) is 0 Å². The van der Waals surface area contributed by atoms with E-state index in [4.69, 9.17) is 0 Å². The Hall–Kier alpha value is -6.57. The van der Waals surface area contributed by atoms with Crippen LogP contribution in [-0.4, -0.2) is 8.80 Å². The highest BCUT2D eigenvalue weighted by atomic mass is 15.1. The van der Waals surface area contributed by atoms with Gasteiger partial charge < -0.3 is 13.7 Å². The van der Waals surface area contributed by atoms with Gasteiger partial charge in [-0.15, -0.1) is 0 Å². The third-order valence-electron chi connectivity index (χ3n) is 9.89. The lowest BCUT2D eigenvalue weighted by atomic mass is 10.0. The number of para-hydroxylation sites is 3. The highest BCUT2D eigenvalue weighted by Crippen LogP contribution is 2.45. The van der Waals surface area contributed by atoms with Crippen molar-refractivity contribution >= 4 is 87.6 Å². The molecule has 6 aromatic carbocycles. The van der Waals surface area contributed by atoms with Crippen molar-refractivity contribution in [2.24, 2.45) is 0 Å². The van der Waals surface area contributed by atoms with Crippen LogP contribution in [0.5, 0.6) is 0 Å². The lowest BCUT2D eigenvalue weighted by Gasteiger charge is -2.26. The van der Waals surface area contributed by atoms with Crippen LogP contribution in [0.1, 0.15) is 5.56 Å². The number of hydrogen-bond acceptors (Lipinski definition) is 2. The van der Waals surface area contributed by atoms with Crippen LogP contribution in [0.4, 0.5) is 11.4 Å². The van der Waals surface area contributed by atoms with Gasteiger partial charge in [-0.25, -0.2) is 0 Å². The Labute approximate surface area is 269 Å². The molecule has 4 heteroatoms. The SMILES string of the molecule is C=C/C=C(\C=C)N(c1cccc(C#N)c1)c1ccc2c(c1)c1cccc3c4cc5c(cc4n2c13)c1cccc2c3ccccc3n5c21. The van der Waals surface area contributed by atoms with E-state index >= 15 is 0 Å². The molecule has 4 heterocycles. The van der Waals surface area contributed by atoms with Crippen molar-refractivity contribution in [3.63, 3.8) is 0 Å². The number of nitrogens with zero attached hydrogens (tertiary/aromatic N) is 4. The van der Waals surface area contributed by atoms with E-state index in [1.54, 1.807) is 6.08 Å². The van der Waals surface area contributed by atoms with Crippen LogP contribution in [-0.2, 0) is 0 Å². The maximum absolute atomic E-state index is 9.65. The standard InChI is InChI=1S/C43H26N4/c1-3-10-27(4-2)45(28-12-7-11-26(21-28)25-44)29-19-20-39-35(22-29)32-15-9-17-34-37-23-40-36(24-41(37)47(39)43(32)34)33-16-8-14-31-30-13-5-6-18-38(30)46(40)42(31)33/h3-24H,1-2H2/b27-10+. The summed E-state index contributed by atoms with van der Waals surface area (Å²) >= 11 is 0. The van der Waals surface area contributed by atoms with Gasteiger partial charge in [-0.2, -0.15) is 5.26 Å². The molecule has 10 aromatic rings. The normalized spacial score (nSPS) is 12.5. The van der Waals surface area contributed by atoms with Crippen molar-refractivity contribution in [3.8, 4) is 6.07 Å². The number of fused-ring (bicyclic) bond motifs is 12. The summed E-state index contributed by atoms with van der Waals surface area (Å²) in [5, 5.41) is 19.7. The quantitative estimate of drug-likeness (QED) is 0.185. The monoisotopic (exact) mass is 598 g/mol. The molecule has 0 saturated carbocycles. The molecule has 0 aliphatic carbocycles. The van der Waals surface area contributed by atoms with Gasteiger partial charge in [0.25, 0.3) is 0 Å². The van der Waals surface area contributed by atoms with E-state index < -0.39 is 0 Å². The fraction of sp³-hybridized carbons (Fsp3) is 0. The van der Waals surface area contributed by atoms with E-state index in [0.717, 1.165) is 22.6 Å². The zero-order chi connectivity index (χ0) is 31.4. The molecule has 4 aromatic heterocycles. The van der Waals surface area contributed by atoms with Crippen LogP contribution >= 0.6 is 0 Å². The fourth-order valence-corrected chi connectivity index (χ4v) is 8.04. The number of anilines is 2. The Kier molecular flexibility index (Phi) is 5.05. The summed E-state index contributed by atoms with van der Waals surface area (Å²) in [6, 6.07) is 43.5. The third kappa shape index (κ3) is 3.25. The maximum atomic E-state index is 9.65. The second-order valence-electron chi connectivity index (χ2n) is 12.2. The predicted molar refractivity (Wildman–Crippen MR) is 198 cm³/mol. The average molecular weight is 599 g/mol. The van der Waals surface area contributed by atoms with E-state index in [0.29, 0.717) is 5.56 Å². The van der Waals surface area contributed by atoms with Crippen molar-refractivity contribution < 1.29 is 0 Å². The van der Waals surface area contributed by atoms with Crippen molar-refractivity contribution in [1.82, 2.24) is 8.80 Å². The zero-order valence-electron chi connectivity index (χ0n) is 25.4. The van der Waals surface area contributed by atoms with Crippen LogP contribution in [0, 0.1) is 11.3 Å². The van der Waals surface area contributed by atoms with Crippen molar-refractivity contribution in [1.29, 1.82) is 5.26 Å². The van der Waals surface area contributed by atoms with Crippen LogP contribution in [0.2, 0.25) is 0 Å². The number of benzene rings is 6. The number of aromatic nitrogens is 2. The Balaban J connectivity index is 1.29. The topological polar surface area (TPSA) is 35.9 Å². The van der Waals surface area contributed by atoms with Crippen LogP contribution in [0.3, 0.4) is 0 Å². The Morgan fingerprint density at radius 1 is 0.553 bits per heavy atom. The molecular formula is C43H26N4. The summed E-state index contributed by atoms with van der Waals surface area (Å²) in [5.41, 5.74) is 10.7. The third-order valence-corrected chi connectivity index (χ3v) is 9.89. The summed E-state index contributed by atoms with van der Waals surface area (Å²) in [4.78, 5) is 2.13. The van der Waals surface area contributed by atoms with Crippen LogP contribution < -0.4 is 4.90 Å². The summed E-state index contributed by atoms with van der Waals surface area (Å²) in [5.74, 6) is 0. The minimum absolute atomic E-state index is 0.603. The highest BCUT2D eigenvalue weighted by molar-refractivity contribution is 6.29. The molecule has 218 valence electrons. The average Bonchev–Trinajstić information content (AvgIpc) is 3.84. The maximum Gasteiger partial charge on any atom is 0.0992 e. The van der Waals surface area contributed by atoms with Gasteiger partial charge in [-0.05, 0) is 66.7 Å². The number of allylic oxidation sites excluding steroid dienone is 3. The van der Waals surface area contributed by atoms with E-state index in [-0.39, 0.29) is 0 Å². The molecule has 0 aliphatic rings. The predicted octanol–water partition coefficient (Wildman–Crippen LogP) is 11.3. The minimum Gasteiger partial charge on any atom is -0.310 e. The molecule has 0 fully saturated rings. The molecule has 0 spiro atoms. The van der Waals surface area contributed by atoms with Gasteiger partial charge in [0, 0.05) is 60.2 Å². The second kappa shape index (κ2) is 9.23. The smallest absolute Gasteiger partial charge is 0.0992 e. The summed E-state index contributed by atoms with van der Waals surface area (Å²) < 4.78 is 4.90. The molecule has 0 amide bonds. The van der Waals surface area contributed by atoms with E-state index in [2.05, 4.69) is 124 Å². The van der Waals surface area contributed by atoms with E-state index in [1.165, 1.54) is 70.7 Å². The first-order valence-electron chi connectivity index (χ1n) is 15.7. The molecule has 0 atom stereocenters. The first-order chi connectivity index (χ1) is 23.2. The Morgan fingerprint density at radius 3 is 1.74 bits per heavy atom. The van der Waals surface area contributed by atoms with Crippen LogP contribution in [0.15, 0.2) is 152 Å². The molecule has 0 aliphatic heterocycles. The lowest BCUT2D eigenvalue weighted by Crippen LogP contribution is -2.15. The zero-order valence-corrected chi connectivity index (χ0v) is 25.4. The molecule has 0 N–H and O–H groups in total. The Bertz CT molecular complexity index is 3020. The van der Waals surface area contributed by atoms with Gasteiger partial charge in [0.15, 0.2) is 0 Å². The van der Waals surface area contributed by atoms with Gasteiger partial charge in [0.05, 0.1) is 44.7 Å². The van der Waals surface area contributed by atoms with Crippen molar-refractivity contribution in [2.75, 3.05) is 4.90 Å². The molecule has 4 nitrogen and oxygen atoms in total. The number of nitriles is 1. The van der Waals surface area contributed by atoms with Crippen LogP contribution in [0.25, 0.3) is 76.2 Å². The first-order valence-corrected chi connectivity index (χ1v) is 15.7. The Morgan fingerprint density at radius 2 is 1.11 bits per heavy atom. The number of rotatable bonds is 5. The summed E-state index contributed by atoms with van der Waals surface area (Å²) in [6.07, 6.45) is 5.53. The second-order valence-corrected chi connectivity index (χ2v) is 12.2. The first kappa shape index (κ1) is 25.7. The molecule has 0 unspecified atom stereocenters. The van der Waals surface area contributed by atoms with Gasteiger partial charge in [-0.1, -0.05) is 79.9 Å². The van der Waals surface area contributed by atoms with Gasteiger partial charge in [0.1, 0.15) is 0 Å². The van der Waals surface area contributed by atoms with Gasteiger partial charge in [-0.3, -0.25) is 0 Å². The minimum atomic E-state index is 0.603. The van der Waals surface area contributed by atoms with E-state index in [9.17, 15) is 5.26 Å². The van der Waals surface area contributed by atoms with E-state index in [1.807, 2.05) is 36.4 Å². The van der Waals surface area contributed by atoms with Gasteiger partial charge in [0.2, 0.25) is 0 Å². The molecule has 0 saturated heterocycles. The molecule has 10 rings (SSSR count). The molecule has 0 bridgehead atoms. The number of hydrogen-bond donors (Lipinski definition) is 0. The van der Waals surface area contributed by atoms with Gasteiger partial charge >= 0.3 is 0 Å². The highest BCUT2D eigenvalue weighted by Gasteiger charge is 2.23. The molecule has 0 radical (unpaired) electrons. The largest absolute Gasteiger partial charge is 0.310 e. The fourth-order valence-electron chi connectivity index (χ4n) is 8.04. The van der Waals surface area contributed by atoms with Crippen molar-refractivity contribution in [3.05, 3.63) is 158 Å². The molecule has 47 heavy (non-hydrogen) atoms. The summed E-state index contributed by atoms with van der Waals surface area (Å²) in [6.45, 7) is 8.04. The molecular weight excluding hydrogens is 573 g/mol. The lowest BCUT2D eigenvalue weighted by molar-refractivity contribution is 1.21. The summed E-state index contributed by atoms with van der Waals surface area (Å²) in [7, 11) is 0.